The predicted molar refractivity (Wildman–Crippen MR) is 92.3 cm³/mol. The van der Waals surface area contributed by atoms with Crippen molar-refractivity contribution >= 4 is 19.9 Å². The first-order chi connectivity index (χ1) is 13.5. The minimum absolute atomic E-state index is 0.322. The average molecular weight is 485 g/mol. The molecule has 0 heterocycles. The van der Waals surface area contributed by atoms with Crippen LogP contribution in [0.3, 0.4) is 0 Å². The molecule has 0 aliphatic heterocycles. The molecule has 5 nitrogen and oxygen atoms in total. The van der Waals surface area contributed by atoms with Gasteiger partial charge >= 0.3 is 12.4 Å². The molecule has 30 heavy (non-hydrogen) atoms. The van der Waals surface area contributed by atoms with Crippen molar-refractivity contribution in [2.24, 2.45) is 0 Å². The van der Waals surface area contributed by atoms with Gasteiger partial charge in [-0.1, -0.05) is 6.07 Å². The smallest absolute Gasteiger partial charge is 0.226 e. The van der Waals surface area contributed by atoms with Crippen molar-refractivity contribution in [1.82, 2.24) is 4.72 Å². The maximum Gasteiger partial charge on any atom is 0.416 e. The van der Waals surface area contributed by atoms with E-state index in [9.17, 15) is 43.2 Å². The van der Waals surface area contributed by atoms with Crippen molar-refractivity contribution < 1.29 is 47.6 Å². The highest BCUT2D eigenvalue weighted by Crippen LogP contribution is 2.41. The number of sulfone groups is 1. The monoisotopic (exact) mass is 485 g/mol. The number of rotatable bonds is 6. The summed E-state index contributed by atoms with van der Waals surface area (Å²) in [5.41, 5.74) is -1.27. The molecule has 0 amide bonds. The lowest BCUT2D eigenvalue weighted by atomic mass is 9.94. The Bertz CT molecular complexity index is 964. The van der Waals surface area contributed by atoms with Crippen LogP contribution in [0.25, 0.3) is 0 Å². The van der Waals surface area contributed by atoms with E-state index in [1.165, 1.54) is 0 Å². The van der Waals surface area contributed by atoms with Gasteiger partial charge in [-0.15, -0.1) is 0 Å². The summed E-state index contributed by atoms with van der Waals surface area (Å²) in [5, 5.41) is -2.93. The summed E-state index contributed by atoms with van der Waals surface area (Å²) < 4.78 is 141. The van der Waals surface area contributed by atoms with Crippen LogP contribution < -0.4 is 4.72 Å². The molecule has 1 aliphatic carbocycles. The number of hydrogen-bond acceptors (Lipinski definition) is 4. The Kier molecular flexibility index (Phi) is 6.85. The normalized spacial score (nSPS) is 24.0. The van der Waals surface area contributed by atoms with Gasteiger partial charge in [0.1, 0.15) is 0 Å². The second-order valence-corrected chi connectivity index (χ2v) is 11.1. The van der Waals surface area contributed by atoms with Crippen LogP contribution >= 0.6 is 0 Å². The maximum atomic E-state index is 15.2. The van der Waals surface area contributed by atoms with Gasteiger partial charge in [-0.2, -0.15) is 26.3 Å². The second kappa shape index (κ2) is 8.26. The quantitative estimate of drug-likeness (QED) is 0.619. The van der Waals surface area contributed by atoms with E-state index in [-0.39, 0.29) is 12.8 Å². The van der Waals surface area contributed by atoms with E-state index in [1.54, 1.807) is 0 Å². The van der Waals surface area contributed by atoms with Crippen LogP contribution in [0.4, 0.5) is 30.7 Å². The molecule has 0 bridgehead atoms. The number of nitrogens with one attached hydrogen (secondary N) is 1. The molecule has 0 saturated heterocycles. The minimum Gasteiger partial charge on any atom is -0.226 e. The van der Waals surface area contributed by atoms with Crippen molar-refractivity contribution in [1.29, 1.82) is 0 Å². The third-order valence-corrected chi connectivity index (χ3v) is 8.37. The zero-order chi connectivity index (χ0) is 23.0. The van der Waals surface area contributed by atoms with E-state index in [2.05, 4.69) is 0 Å². The zero-order valence-electron chi connectivity index (χ0n) is 15.2. The van der Waals surface area contributed by atoms with Gasteiger partial charge in [-0.3, -0.25) is 0 Å². The third-order valence-electron chi connectivity index (χ3n) is 4.69. The summed E-state index contributed by atoms with van der Waals surface area (Å²) in [6, 6.07) is 1.64. The Morgan fingerprint density at radius 1 is 1.00 bits per heavy atom. The number of hydrogen-bond donors (Lipinski definition) is 1. The van der Waals surface area contributed by atoms with Gasteiger partial charge in [-0.05, 0) is 43.9 Å². The fraction of sp³-hybridized carbons (Fsp3) is 0.625. The maximum absolute atomic E-state index is 15.2. The topological polar surface area (TPSA) is 80.3 Å². The number of sulfonamides is 1. The summed E-state index contributed by atoms with van der Waals surface area (Å²) in [7, 11) is -9.16. The van der Waals surface area contributed by atoms with Crippen molar-refractivity contribution in [2.45, 2.75) is 60.4 Å². The molecular weight excluding hydrogens is 467 g/mol. The van der Waals surface area contributed by atoms with E-state index >= 15 is 4.39 Å². The van der Waals surface area contributed by atoms with Gasteiger partial charge in [0.15, 0.2) is 0 Å². The van der Waals surface area contributed by atoms with E-state index in [0.717, 1.165) is 12.1 Å². The van der Waals surface area contributed by atoms with Crippen LogP contribution in [0.15, 0.2) is 29.2 Å². The van der Waals surface area contributed by atoms with Gasteiger partial charge in [0.05, 0.1) is 22.6 Å². The zero-order valence-corrected chi connectivity index (χ0v) is 16.9. The minimum atomic E-state index is -4.83. The lowest BCUT2D eigenvalue weighted by molar-refractivity contribution is -0.137. The molecule has 0 aromatic heterocycles. The van der Waals surface area contributed by atoms with Crippen LogP contribution in [0.2, 0.25) is 0 Å². The molecule has 0 spiro atoms. The lowest BCUT2D eigenvalue weighted by Crippen LogP contribution is -2.45. The van der Waals surface area contributed by atoms with Gasteiger partial charge in [0, 0.05) is 6.04 Å². The van der Waals surface area contributed by atoms with Crippen LogP contribution in [-0.2, 0) is 26.0 Å². The SMILES string of the molecule is O=S(=O)(CCC(F)(F)F)N[C@H]1CC[C@@](F)(S(=O)(=O)c2cccc(C(F)(F)F)c2)CC1. The summed E-state index contributed by atoms with van der Waals surface area (Å²) in [6.45, 7) is 0. The molecule has 1 fully saturated rings. The number of alkyl halides is 7. The van der Waals surface area contributed by atoms with Gasteiger partial charge in [0.25, 0.3) is 0 Å². The molecule has 172 valence electrons. The highest BCUT2D eigenvalue weighted by Gasteiger charge is 2.48. The van der Waals surface area contributed by atoms with Crippen molar-refractivity contribution in [3.8, 4) is 0 Å². The summed E-state index contributed by atoms with van der Waals surface area (Å²) >= 11 is 0. The molecule has 1 aromatic carbocycles. The Morgan fingerprint density at radius 3 is 2.07 bits per heavy atom. The molecule has 0 atom stereocenters. The molecular formula is C16H18F7NO4S2. The van der Waals surface area contributed by atoms with Crippen LogP contribution in [0.1, 0.15) is 37.7 Å². The van der Waals surface area contributed by atoms with Gasteiger partial charge in [-0.25, -0.2) is 25.9 Å². The van der Waals surface area contributed by atoms with Crippen LogP contribution in [0.5, 0.6) is 0 Å². The first-order valence-electron chi connectivity index (χ1n) is 8.63. The Labute approximate surface area is 168 Å². The van der Waals surface area contributed by atoms with Crippen molar-refractivity contribution in [3.63, 3.8) is 0 Å². The highest BCUT2D eigenvalue weighted by molar-refractivity contribution is 7.92. The fourth-order valence-corrected chi connectivity index (χ4v) is 6.15. The van der Waals surface area contributed by atoms with Gasteiger partial charge < -0.3 is 0 Å². The Balaban J connectivity index is 2.10. The van der Waals surface area contributed by atoms with E-state index in [0.29, 0.717) is 12.1 Å². The molecule has 1 aliphatic rings. The fourth-order valence-electron chi connectivity index (χ4n) is 3.05. The van der Waals surface area contributed by atoms with E-state index in [1.807, 2.05) is 4.72 Å². The molecule has 0 unspecified atom stereocenters. The first kappa shape index (κ1) is 24.9. The Morgan fingerprint density at radius 2 is 1.57 bits per heavy atom. The van der Waals surface area contributed by atoms with Crippen LogP contribution in [0, 0.1) is 0 Å². The largest absolute Gasteiger partial charge is 0.416 e. The van der Waals surface area contributed by atoms with Crippen molar-refractivity contribution in [2.75, 3.05) is 5.75 Å². The summed E-state index contributed by atoms with van der Waals surface area (Å²) in [6.07, 6.45) is -13.2. The van der Waals surface area contributed by atoms with E-state index < -0.39 is 78.7 Å². The second-order valence-electron chi connectivity index (χ2n) is 6.99. The number of halogens is 7. The molecule has 0 radical (unpaired) electrons. The molecule has 1 N–H and O–H groups in total. The van der Waals surface area contributed by atoms with Crippen molar-refractivity contribution in [3.05, 3.63) is 29.8 Å². The predicted octanol–water partition coefficient (Wildman–Crippen LogP) is 3.96. The number of benzene rings is 1. The standard InChI is InChI=1S/C16H18F7NO4S2/c17-14(30(27,28)13-3-1-2-11(10-13)16(21,22)23)6-4-12(5-7-14)24-29(25,26)9-8-15(18,19)20/h1-3,10,12,24H,4-9H2/t12-,14+. The Hall–Kier alpha value is -1.41. The third kappa shape index (κ3) is 6.06. The molecule has 1 aromatic rings. The summed E-state index contributed by atoms with van der Waals surface area (Å²) in [5.74, 6) is -1.23. The van der Waals surface area contributed by atoms with Crippen LogP contribution in [-0.4, -0.2) is 39.8 Å². The van der Waals surface area contributed by atoms with Gasteiger partial charge in [0.2, 0.25) is 24.9 Å². The molecule has 1 saturated carbocycles. The molecule has 2 rings (SSSR count). The van der Waals surface area contributed by atoms with E-state index in [4.69, 9.17) is 0 Å². The molecule has 14 heteroatoms. The lowest BCUT2D eigenvalue weighted by Gasteiger charge is -2.33. The highest BCUT2D eigenvalue weighted by atomic mass is 32.2. The average Bonchev–Trinajstić information content (AvgIpc) is 2.61. The first-order valence-corrected chi connectivity index (χ1v) is 11.8. The summed E-state index contributed by atoms with van der Waals surface area (Å²) in [4.78, 5) is -0.857.